The summed E-state index contributed by atoms with van der Waals surface area (Å²) in [6.07, 6.45) is 2.18. The quantitative estimate of drug-likeness (QED) is 0.301. The zero-order chi connectivity index (χ0) is 24.5. The zero-order valence-corrected chi connectivity index (χ0v) is 21.1. The number of rotatable bonds is 5. The second kappa shape index (κ2) is 9.85. The van der Waals surface area contributed by atoms with E-state index in [0.717, 1.165) is 47.8 Å². The minimum atomic E-state index is 0.0139. The van der Waals surface area contributed by atoms with Crippen LogP contribution >= 0.6 is 22.9 Å². The number of nitrogens with zero attached hydrogens (tertiary/aromatic N) is 5. The number of amides is 1. The van der Waals surface area contributed by atoms with E-state index in [0.29, 0.717) is 23.8 Å². The summed E-state index contributed by atoms with van der Waals surface area (Å²) in [6, 6.07) is 22.4. The third kappa shape index (κ3) is 4.53. The van der Waals surface area contributed by atoms with E-state index in [2.05, 4.69) is 56.9 Å². The average molecular weight is 514 g/mol. The molecule has 0 unspecified atom stereocenters. The van der Waals surface area contributed by atoms with Crippen LogP contribution in [0.2, 0.25) is 5.02 Å². The largest absolute Gasteiger partial charge is 0.335 e. The Balaban J connectivity index is 1.32. The fourth-order valence-corrected chi connectivity index (χ4v) is 5.34. The van der Waals surface area contributed by atoms with Gasteiger partial charge < -0.3 is 9.30 Å². The zero-order valence-electron chi connectivity index (χ0n) is 19.5. The number of piperazine rings is 1. The number of benzene rings is 2. The number of aromatic nitrogens is 3. The lowest BCUT2D eigenvalue weighted by atomic mass is 10.1. The molecule has 0 aliphatic carbocycles. The van der Waals surface area contributed by atoms with Gasteiger partial charge in [-0.3, -0.25) is 9.69 Å². The molecule has 2 aromatic carbocycles. The topological polar surface area (TPSA) is 53.7 Å². The third-order valence-electron chi connectivity index (χ3n) is 6.63. The molecule has 1 saturated heterocycles. The molecule has 6 rings (SSSR count). The Bertz CT molecular complexity index is 1490. The van der Waals surface area contributed by atoms with Crippen molar-refractivity contribution in [2.75, 3.05) is 26.2 Å². The van der Waals surface area contributed by atoms with Gasteiger partial charge >= 0.3 is 0 Å². The van der Waals surface area contributed by atoms with Crippen molar-refractivity contribution in [2.45, 2.75) is 6.54 Å². The van der Waals surface area contributed by atoms with Crippen LogP contribution in [0.5, 0.6) is 0 Å². The van der Waals surface area contributed by atoms with E-state index in [1.165, 1.54) is 16.9 Å². The molecule has 0 atom stereocenters. The molecule has 0 saturated carbocycles. The second-order valence-corrected chi connectivity index (χ2v) is 10.0. The molecule has 3 aromatic heterocycles. The van der Waals surface area contributed by atoms with E-state index >= 15 is 0 Å². The summed E-state index contributed by atoms with van der Waals surface area (Å²) in [5, 5.41) is 2.52. The first-order chi connectivity index (χ1) is 17.7. The number of fused-ring (bicyclic) bond motifs is 1. The van der Waals surface area contributed by atoms with Crippen LogP contribution in [0, 0.1) is 0 Å². The van der Waals surface area contributed by atoms with Gasteiger partial charge in [-0.2, -0.15) is 0 Å². The normalized spacial score (nSPS) is 14.4. The Labute approximate surface area is 218 Å². The van der Waals surface area contributed by atoms with Gasteiger partial charge in [-0.25, -0.2) is 9.97 Å². The molecule has 8 heteroatoms. The standard InChI is InChI=1S/C28H24ClN5OS/c29-23-9-6-21(7-10-23)27-25(17-32-12-14-33(15-13-32)28(35)24-18-36-19-30-24)34-16-22(8-11-26(34)31-27)20-4-2-1-3-5-20/h1-11,16,18-19H,12-15,17H2. The van der Waals surface area contributed by atoms with Gasteiger partial charge in [0.2, 0.25) is 0 Å². The molecule has 0 spiro atoms. The van der Waals surface area contributed by atoms with Crippen molar-refractivity contribution in [3.8, 4) is 22.4 Å². The summed E-state index contributed by atoms with van der Waals surface area (Å²) in [5.41, 5.74) is 8.58. The molecular weight excluding hydrogens is 490 g/mol. The van der Waals surface area contributed by atoms with E-state index < -0.39 is 0 Å². The van der Waals surface area contributed by atoms with Crippen LogP contribution in [0.15, 0.2) is 83.8 Å². The third-order valence-corrected chi connectivity index (χ3v) is 7.47. The molecule has 4 heterocycles. The molecule has 6 nitrogen and oxygen atoms in total. The first-order valence-electron chi connectivity index (χ1n) is 11.9. The first-order valence-corrected chi connectivity index (χ1v) is 13.2. The maximum atomic E-state index is 12.7. The van der Waals surface area contributed by atoms with Crippen molar-refractivity contribution < 1.29 is 4.79 Å². The molecule has 1 aliphatic heterocycles. The van der Waals surface area contributed by atoms with Crippen molar-refractivity contribution in [3.63, 3.8) is 0 Å². The Morgan fingerprint density at radius 1 is 0.889 bits per heavy atom. The number of hydrogen-bond donors (Lipinski definition) is 0. The summed E-state index contributed by atoms with van der Waals surface area (Å²) in [5.74, 6) is 0.0139. The van der Waals surface area contributed by atoms with Crippen LogP contribution in [-0.2, 0) is 6.54 Å². The summed E-state index contributed by atoms with van der Waals surface area (Å²) in [7, 11) is 0. The molecule has 0 radical (unpaired) electrons. The van der Waals surface area contributed by atoms with Crippen LogP contribution in [0.4, 0.5) is 0 Å². The minimum Gasteiger partial charge on any atom is -0.335 e. The van der Waals surface area contributed by atoms with E-state index in [1.807, 2.05) is 40.6 Å². The Morgan fingerprint density at radius 2 is 1.64 bits per heavy atom. The van der Waals surface area contributed by atoms with E-state index in [1.54, 1.807) is 5.51 Å². The predicted octanol–water partition coefficient (Wildman–Crippen LogP) is 5.74. The number of carbonyl (C=O) groups excluding carboxylic acids is 1. The van der Waals surface area contributed by atoms with Gasteiger partial charge in [-0.15, -0.1) is 11.3 Å². The Kier molecular flexibility index (Phi) is 6.27. The summed E-state index contributed by atoms with van der Waals surface area (Å²) < 4.78 is 2.21. The van der Waals surface area contributed by atoms with Gasteiger partial charge in [-0.05, 0) is 35.4 Å². The molecule has 1 aliphatic rings. The van der Waals surface area contributed by atoms with Gasteiger partial charge in [0.05, 0.1) is 16.9 Å². The fourth-order valence-electron chi connectivity index (χ4n) is 4.69. The molecule has 1 fully saturated rings. The van der Waals surface area contributed by atoms with E-state index in [4.69, 9.17) is 16.6 Å². The molecule has 1 amide bonds. The second-order valence-electron chi connectivity index (χ2n) is 8.87. The van der Waals surface area contributed by atoms with Crippen molar-refractivity contribution in [1.29, 1.82) is 0 Å². The number of carbonyl (C=O) groups is 1. The number of hydrogen-bond acceptors (Lipinski definition) is 5. The summed E-state index contributed by atoms with van der Waals surface area (Å²) in [4.78, 5) is 26.2. The highest BCUT2D eigenvalue weighted by Crippen LogP contribution is 2.29. The predicted molar refractivity (Wildman–Crippen MR) is 144 cm³/mol. The van der Waals surface area contributed by atoms with Crippen molar-refractivity contribution >= 4 is 34.5 Å². The first kappa shape index (κ1) is 22.9. The van der Waals surface area contributed by atoms with E-state index in [9.17, 15) is 4.79 Å². The minimum absolute atomic E-state index is 0.0139. The highest BCUT2D eigenvalue weighted by molar-refractivity contribution is 7.07. The Hall–Kier alpha value is -3.52. The van der Waals surface area contributed by atoms with Crippen LogP contribution in [0.25, 0.3) is 28.0 Å². The van der Waals surface area contributed by atoms with Crippen molar-refractivity contribution in [3.05, 3.63) is 100 Å². The number of halogens is 1. The summed E-state index contributed by atoms with van der Waals surface area (Å²) in [6.45, 7) is 3.68. The molecular formula is C28H24ClN5OS. The van der Waals surface area contributed by atoms with Crippen molar-refractivity contribution in [1.82, 2.24) is 24.2 Å². The lowest BCUT2D eigenvalue weighted by Crippen LogP contribution is -2.48. The molecule has 5 aromatic rings. The highest BCUT2D eigenvalue weighted by Gasteiger charge is 2.25. The molecule has 180 valence electrons. The summed E-state index contributed by atoms with van der Waals surface area (Å²) >= 11 is 7.62. The number of thiazole rings is 1. The van der Waals surface area contributed by atoms with Crippen LogP contribution < -0.4 is 0 Å². The molecule has 36 heavy (non-hydrogen) atoms. The monoisotopic (exact) mass is 513 g/mol. The Morgan fingerprint density at radius 3 is 2.36 bits per heavy atom. The van der Waals surface area contributed by atoms with Crippen LogP contribution in [-0.4, -0.2) is 56.3 Å². The SMILES string of the molecule is O=C(c1cscn1)N1CCN(Cc2c(-c3ccc(Cl)cc3)nc3ccc(-c4ccccc4)cn23)CC1. The van der Waals surface area contributed by atoms with E-state index in [-0.39, 0.29) is 5.91 Å². The van der Waals surface area contributed by atoms with Crippen LogP contribution in [0.3, 0.4) is 0 Å². The maximum Gasteiger partial charge on any atom is 0.273 e. The number of imidazole rings is 1. The van der Waals surface area contributed by atoms with Gasteiger partial charge in [0.25, 0.3) is 5.91 Å². The lowest BCUT2D eigenvalue weighted by Gasteiger charge is -2.34. The number of pyridine rings is 1. The smallest absolute Gasteiger partial charge is 0.273 e. The molecule has 0 N–H and O–H groups in total. The van der Waals surface area contributed by atoms with Crippen molar-refractivity contribution in [2.24, 2.45) is 0 Å². The average Bonchev–Trinajstić information content (AvgIpc) is 3.58. The fraction of sp³-hybridized carbons (Fsp3) is 0.179. The lowest BCUT2D eigenvalue weighted by molar-refractivity contribution is 0.0622. The maximum absolute atomic E-state index is 12.7. The highest BCUT2D eigenvalue weighted by atomic mass is 35.5. The van der Waals surface area contributed by atoms with Gasteiger partial charge in [0, 0.05) is 54.9 Å². The van der Waals surface area contributed by atoms with Crippen LogP contribution in [0.1, 0.15) is 16.2 Å². The van der Waals surface area contributed by atoms with Gasteiger partial charge in [-0.1, -0.05) is 54.1 Å². The van der Waals surface area contributed by atoms with Gasteiger partial charge in [0.15, 0.2) is 0 Å². The van der Waals surface area contributed by atoms with Gasteiger partial charge in [0.1, 0.15) is 11.3 Å². The molecule has 0 bridgehead atoms.